The summed E-state index contributed by atoms with van der Waals surface area (Å²) >= 11 is 0. The van der Waals surface area contributed by atoms with Gasteiger partial charge in [0, 0.05) is 38.3 Å². The average Bonchev–Trinajstić information content (AvgIpc) is 2.82. The summed E-state index contributed by atoms with van der Waals surface area (Å²) in [7, 11) is 0. The van der Waals surface area contributed by atoms with Crippen LogP contribution < -0.4 is 5.32 Å². The van der Waals surface area contributed by atoms with Crippen LogP contribution in [0, 0.1) is 0 Å². The lowest BCUT2D eigenvalue weighted by Crippen LogP contribution is -2.41. The Balaban J connectivity index is 1.69. The second-order valence-corrected chi connectivity index (χ2v) is 4.76. The van der Waals surface area contributed by atoms with Crippen molar-refractivity contribution in [2.24, 2.45) is 0 Å². The van der Waals surface area contributed by atoms with Crippen molar-refractivity contribution in [1.29, 1.82) is 0 Å². The fraction of sp³-hybridized carbons (Fsp3) is 0.615. The van der Waals surface area contributed by atoms with Gasteiger partial charge in [0.05, 0.1) is 6.54 Å². The molecule has 1 aliphatic rings. The van der Waals surface area contributed by atoms with Crippen molar-refractivity contribution in [3.63, 3.8) is 0 Å². The molecule has 2 N–H and O–H groups in total. The highest BCUT2D eigenvalue weighted by molar-refractivity contribution is 5.84. The smallest absolute Gasteiger partial charge is 0.239 e. The fourth-order valence-electron chi connectivity index (χ4n) is 2.19. The number of rotatable bonds is 5. The molecule has 0 aliphatic carbocycles. The summed E-state index contributed by atoms with van der Waals surface area (Å²) in [6.07, 6.45) is 7.69. The molecule has 1 saturated heterocycles. The van der Waals surface area contributed by atoms with Crippen LogP contribution in [0.2, 0.25) is 0 Å². The topological polar surface area (TPSA) is 78.1 Å². The van der Waals surface area contributed by atoms with Crippen LogP contribution in [0.25, 0.3) is 0 Å². The van der Waals surface area contributed by atoms with E-state index in [1.54, 1.807) is 17.3 Å². The summed E-state index contributed by atoms with van der Waals surface area (Å²) in [6, 6.07) is 0. The third-order valence-corrected chi connectivity index (χ3v) is 3.24. The molecule has 19 heavy (non-hydrogen) atoms. The summed E-state index contributed by atoms with van der Waals surface area (Å²) in [6.45, 7) is 1.41. The first-order valence-corrected chi connectivity index (χ1v) is 6.78. The number of aromatic amines is 1. The van der Waals surface area contributed by atoms with E-state index in [-0.39, 0.29) is 18.4 Å². The van der Waals surface area contributed by atoms with Crippen molar-refractivity contribution in [3.05, 3.63) is 18.2 Å². The van der Waals surface area contributed by atoms with Crippen molar-refractivity contribution in [2.75, 3.05) is 19.6 Å². The minimum absolute atomic E-state index is 0.0955. The second-order valence-electron chi connectivity index (χ2n) is 4.76. The Morgan fingerprint density at radius 3 is 3.11 bits per heavy atom. The molecule has 0 atom stereocenters. The number of hydrogen-bond donors (Lipinski definition) is 2. The molecule has 1 fully saturated rings. The number of carbonyl (C=O) groups is 2. The van der Waals surface area contributed by atoms with E-state index < -0.39 is 0 Å². The van der Waals surface area contributed by atoms with Gasteiger partial charge in [0.1, 0.15) is 5.82 Å². The van der Waals surface area contributed by atoms with Crippen LogP contribution in [0.3, 0.4) is 0 Å². The Morgan fingerprint density at radius 1 is 1.42 bits per heavy atom. The summed E-state index contributed by atoms with van der Waals surface area (Å²) in [4.78, 5) is 32.2. The first-order chi connectivity index (χ1) is 9.25. The van der Waals surface area contributed by atoms with Gasteiger partial charge in [-0.05, 0) is 12.8 Å². The maximum Gasteiger partial charge on any atom is 0.239 e. The number of aromatic nitrogens is 2. The van der Waals surface area contributed by atoms with E-state index in [4.69, 9.17) is 0 Å². The van der Waals surface area contributed by atoms with Crippen LogP contribution in [-0.4, -0.2) is 46.3 Å². The molecule has 1 aromatic heterocycles. The van der Waals surface area contributed by atoms with E-state index in [9.17, 15) is 9.59 Å². The normalized spacial score (nSPS) is 16.2. The summed E-state index contributed by atoms with van der Waals surface area (Å²) < 4.78 is 0. The minimum atomic E-state index is -0.0955. The Hall–Kier alpha value is -1.85. The van der Waals surface area contributed by atoms with E-state index in [1.807, 2.05) is 0 Å². The van der Waals surface area contributed by atoms with Crippen molar-refractivity contribution in [3.8, 4) is 0 Å². The van der Waals surface area contributed by atoms with Crippen LogP contribution in [0.4, 0.5) is 0 Å². The van der Waals surface area contributed by atoms with Crippen LogP contribution in [0.5, 0.6) is 0 Å². The van der Waals surface area contributed by atoms with Crippen LogP contribution in [0.15, 0.2) is 12.4 Å². The molecule has 2 amide bonds. The number of hydrogen-bond acceptors (Lipinski definition) is 3. The van der Waals surface area contributed by atoms with E-state index in [0.29, 0.717) is 25.9 Å². The third-order valence-electron chi connectivity index (χ3n) is 3.24. The highest BCUT2D eigenvalue weighted by atomic mass is 16.2. The first-order valence-electron chi connectivity index (χ1n) is 6.78. The number of amides is 2. The van der Waals surface area contributed by atoms with E-state index >= 15 is 0 Å². The maximum atomic E-state index is 11.8. The molecule has 0 saturated carbocycles. The van der Waals surface area contributed by atoms with Gasteiger partial charge in [0.15, 0.2) is 0 Å². The molecule has 104 valence electrons. The molecule has 0 unspecified atom stereocenters. The lowest BCUT2D eigenvalue weighted by atomic mass is 10.2. The number of imidazole rings is 1. The molecule has 2 heterocycles. The number of H-pyrrole nitrogens is 1. The summed E-state index contributed by atoms with van der Waals surface area (Å²) in [5.74, 6) is 0.853. The zero-order valence-electron chi connectivity index (χ0n) is 11.0. The molecular weight excluding hydrogens is 244 g/mol. The van der Waals surface area contributed by atoms with Gasteiger partial charge < -0.3 is 15.2 Å². The molecule has 0 radical (unpaired) electrons. The Bertz CT molecular complexity index is 416. The molecule has 1 aliphatic heterocycles. The monoisotopic (exact) mass is 264 g/mol. The fourth-order valence-corrected chi connectivity index (χ4v) is 2.19. The second kappa shape index (κ2) is 6.92. The van der Waals surface area contributed by atoms with Gasteiger partial charge in [-0.3, -0.25) is 9.59 Å². The lowest BCUT2D eigenvalue weighted by molar-refractivity contribution is -0.135. The average molecular weight is 264 g/mol. The SMILES string of the molecule is O=C(CN1CCCCCC1=O)NCCc1ncc[nH]1. The molecule has 0 bridgehead atoms. The van der Waals surface area contributed by atoms with Crippen molar-refractivity contribution >= 4 is 11.8 Å². The highest BCUT2D eigenvalue weighted by Gasteiger charge is 2.18. The lowest BCUT2D eigenvalue weighted by Gasteiger charge is -2.19. The van der Waals surface area contributed by atoms with Crippen LogP contribution in [-0.2, 0) is 16.0 Å². The largest absolute Gasteiger partial charge is 0.354 e. The minimum Gasteiger partial charge on any atom is -0.354 e. The Morgan fingerprint density at radius 2 is 2.32 bits per heavy atom. The first kappa shape index (κ1) is 13.6. The predicted octanol–water partition coefficient (Wildman–Crippen LogP) is 0.471. The maximum absolute atomic E-state index is 11.8. The zero-order valence-corrected chi connectivity index (χ0v) is 11.0. The Kier molecular flexibility index (Phi) is 4.94. The third kappa shape index (κ3) is 4.39. The number of likely N-dealkylation sites (tertiary alicyclic amines) is 1. The molecular formula is C13H20N4O2. The van der Waals surface area contributed by atoms with E-state index in [1.165, 1.54) is 0 Å². The molecule has 2 rings (SSSR count). The standard InChI is InChI=1S/C13H20N4O2/c18-12(16-6-5-11-14-7-8-15-11)10-17-9-3-1-2-4-13(17)19/h7-8H,1-6,9-10H2,(H,14,15)(H,16,18). The van der Waals surface area contributed by atoms with Crippen molar-refractivity contribution < 1.29 is 9.59 Å². The highest BCUT2D eigenvalue weighted by Crippen LogP contribution is 2.10. The van der Waals surface area contributed by atoms with Gasteiger partial charge in [-0.2, -0.15) is 0 Å². The van der Waals surface area contributed by atoms with Crippen LogP contribution >= 0.6 is 0 Å². The van der Waals surface area contributed by atoms with Gasteiger partial charge in [0.2, 0.25) is 11.8 Å². The number of nitrogens with zero attached hydrogens (tertiary/aromatic N) is 2. The Labute approximate surface area is 112 Å². The van der Waals surface area contributed by atoms with Crippen molar-refractivity contribution in [2.45, 2.75) is 32.1 Å². The molecule has 0 aromatic carbocycles. The molecule has 0 spiro atoms. The molecule has 6 nitrogen and oxygen atoms in total. The molecule has 6 heteroatoms. The van der Waals surface area contributed by atoms with E-state index in [0.717, 1.165) is 25.1 Å². The number of nitrogens with one attached hydrogen (secondary N) is 2. The van der Waals surface area contributed by atoms with Crippen LogP contribution in [0.1, 0.15) is 31.5 Å². The quantitative estimate of drug-likeness (QED) is 0.811. The number of carbonyl (C=O) groups excluding carboxylic acids is 2. The van der Waals surface area contributed by atoms with Gasteiger partial charge in [0.25, 0.3) is 0 Å². The van der Waals surface area contributed by atoms with Gasteiger partial charge in [-0.1, -0.05) is 6.42 Å². The van der Waals surface area contributed by atoms with Crippen molar-refractivity contribution in [1.82, 2.24) is 20.2 Å². The summed E-state index contributed by atoms with van der Waals surface area (Å²) in [5, 5.41) is 2.82. The van der Waals surface area contributed by atoms with E-state index in [2.05, 4.69) is 15.3 Å². The zero-order chi connectivity index (χ0) is 13.5. The van der Waals surface area contributed by atoms with Gasteiger partial charge in [-0.25, -0.2) is 4.98 Å². The van der Waals surface area contributed by atoms with Gasteiger partial charge in [-0.15, -0.1) is 0 Å². The van der Waals surface area contributed by atoms with Gasteiger partial charge >= 0.3 is 0 Å². The predicted molar refractivity (Wildman–Crippen MR) is 70.3 cm³/mol. The molecule has 1 aromatic rings. The summed E-state index contributed by atoms with van der Waals surface area (Å²) in [5.41, 5.74) is 0.